The van der Waals surface area contributed by atoms with Gasteiger partial charge in [0.25, 0.3) is 5.91 Å². The van der Waals surface area contributed by atoms with Gasteiger partial charge in [-0.15, -0.1) is 0 Å². The van der Waals surface area contributed by atoms with Crippen molar-refractivity contribution < 1.29 is 9.18 Å². The molecule has 0 radical (unpaired) electrons. The van der Waals surface area contributed by atoms with Crippen LogP contribution in [0.1, 0.15) is 15.9 Å². The number of anilines is 1. The SMILES string of the molecule is N#Cc1ccc(NCCNC(=O)c2ccc(F)cc2)cc1Cl. The van der Waals surface area contributed by atoms with Gasteiger partial charge in [0.05, 0.1) is 10.6 Å². The van der Waals surface area contributed by atoms with Gasteiger partial charge in [0.15, 0.2) is 0 Å². The van der Waals surface area contributed by atoms with Crippen LogP contribution in [0.25, 0.3) is 0 Å². The van der Waals surface area contributed by atoms with Crippen LogP contribution in [0, 0.1) is 17.1 Å². The van der Waals surface area contributed by atoms with Crippen LogP contribution < -0.4 is 10.6 Å². The number of carbonyl (C=O) groups is 1. The van der Waals surface area contributed by atoms with E-state index in [1.807, 2.05) is 6.07 Å². The van der Waals surface area contributed by atoms with Crippen LogP contribution in [0.2, 0.25) is 5.02 Å². The van der Waals surface area contributed by atoms with Crippen LogP contribution in [-0.2, 0) is 0 Å². The minimum atomic E-state index is -0.379. The predicted octanol–water partition coefficient (Wildman–Crippen LogP) is 3.19. The van der Waals surface area contributed by atoms with Crippen molar-refractivity contribution in [2.24, 2.45) is 0 Å². The molecular weight excluding hydrogens is 305 g/mol. The molecule has 2 aromatic rings. The molecule has 0 heterocycles. The van der Waals surface area contributed by atoms with Crippen molar-refractivity contribution in [3.05, 3.63) is 64.4 Å². The molecule has 0 unspecified atom stereocenters. The summed E-state index contributed by atoms with van der Waals surface area (Å²) >= 11 is 5.92. The van der Waals surface area contributed by atoms with Crippen LogP contribution in [0.4, 0.5) is 10.1 Å². The van der Waals surface area contributed by atoms with Crippen molar-refractivity contribution in [2.45, 2.75) is 0 Å². The van der Waals surface area contributed by atoms with Crippen LogP contribution in [0.3, 0.4) is 0 Å². The number of nitrogens with one attached hydrogen (secondary N) is 2. The van der Waals surface area contributed by atoms with E-state index < -0.39 is 0 Å². The van der Waals surface area contributed by atoms with Crippen LogP contribution in [0.15, 0.2) is 42.5 Å². The topological polar surface area (TPSA) is 64.9 Å². The molecule has 2 rings (SSSR count). The van der Waals surface area contributed by atoms with Gasteiger partial charge in [-0.05, 0) is 42.5 Å². The smallest absolute Gasteiger partial charge is 0.251 e. The third-order valence-corrected chi connectivity index (χ3v) is 3.25. The maximum Gasteiger partial charge on any atom is 0.251 e. The number of rotatable bonds is 5. The van der Waals surface area contributed by atoms with Crippen molar-refractivity contribution in [3.63, 3.8) is 0 Å². The summed E-state index contributed by atoms with van der Waals surface area (Å²) in [6.45, 7) is 0.892. The summed E-state index contributed by atoms with van der Waals surface area (Å²) in [7, 11) is 0. The highest BCUT2D eigenvalue weighted by Crippen LogP contribution is 2.19. The monoisotopic (exact) mass is 317 g/mol. The Morgan fingerprint density at radius 1 is 1.18 bits per heavy atom. The van der Waals surface area contributed by atoms with Gasteiger partial charge in [-0.25, -0.2) is 4.39 Å². The number of benzene rings is 2. The first-order chi connectivity index (χ1) is 10.6. The zero-order chi connectivity index (χ0) is 15.9. The molecule has 0 saturated carbocycles. The summed E-state index contributed by atoms with van der Waals surface area (Å²) in [4.78, 5) is 11.8. The molecule has 112 valence electrons. The number of carbonyl (C=O) groups excluding carboxylic acids is 1. The maximum absolute atomic E-state index is 12.8. The minimum absolute atomic E-state index is 0.264. The second-order valence-corrected chi connectivity index (χ2v) is 4.90. The number of amides is 1. The Labute approximate surface area is 132 Å². The van der Waals surface area contributed by atoms with Gasteiger partial charge in [0.2, 0.25) is 0 Å². The Bertz CT molecular complexity index is 710. The van der Waals surface area contributed by atoms with E-state index >= 15 is 0 Å². The third kappa shape index (κ3) is 4.21. The molecule has 0 atom stereocenters. The van der Waals surface area contributed by atoms with Crippen LogP contribution >= 0.6 is 11.6 Å². The second kappa shape index (κ2) is 7.43. The van der Waals surface area contributed by atoms with Gasteiger partial charge in [0, 0.05) is 24.3 Å². The summed E-state index contributed by atoms with van der Waals surface area (Å²) in [5.41, 5.74) is 1.58. The largest absolute Gasteiger partial charge is 0.383 e. The van der Waals surface area contributed by atoms with Crippen LogP contribution in [-0.4, -0.2) is 19.0 Å². The number of nitrogens with zero attached hydrogens (tertiary/aromatic N) is 1. The molecule has 2 N–H and O–H groups in total. The Hall–Kier alpha value is -2.58. The van der Waals surface area contributed by atoms with E-state index in [-0.39, 0.29) is 11.7 Å². The van der Waals surface area contributed by atoms with E-state index in [1.54, 1.807) is 18.2 Å². The molecule has 22 heavy (non-hydrogen) atoms. The van der Waals surface area contributed by atoms with Crippen molar-refractivity contribution in [1.82, 2.24) is 5.32 Å². The fraction of sp³-hybridized carbons (Fsp3) is 0.125. The molecule has 0 aliphatic carbocycles. The first kappa shape index (κ1) is 15.8. The lowest BCUT2D eigenvalue weighted by Gasteiger charge is -2.09. The minimum Gasteiger partial charge on any atom is -0.383 e. The molecule has 1 amide bonds. The van der Waals surface area contributed by atoms with Crippen molar-refractivity contribution in [3.8, 4) is 6.07 Å². The Kier molecular flexibility index (Phi) is 5.34. The number of hydrogen-bond donors (Lipinski definition) is 2. The van der Waals surface area contributed by atoms with E-state index in [0.717, 1.165) is 5.69 Å². The number of halogens is 2. The van der Waals surface area contributed by atoms with Gasteiger partial charge in [-0.3, -0.25) is 4.79 Å². The summed E-state index contributed by atoms with van der Waals surface area (Å²) in [6, 6.07) is 12.3. The van der Waals surface area contributed by atoms with Crippen molar-refractivity contribution >= 4 is 23.2 Å². The summed E-state index contributed by atoms with van der Waals surface area (Å²) in [6.07, 6.45) is 0. The molecule has 4 nitrogen and oxygen atoms in total. The predicted molar refractivity (Wildman–Crippen MR) is 83.4 cm³/mol. The van der Waals surface area contributed by atoms with Crippen molar-refractivity contribution in [1.29, 1.82) is 5.26 Å². The highest BCUT2D eigenvalue weighted by atomic mass is 35.5. The van der Waals surface area contributed by atoms with E-state index in [0.29, 0.717) is 29.2 Å². The molecule has 0 aromatic heterocycles. The van der Waals surface area contributed by atoms with E-state index in [1.165, 1.54) is 24.3 Å². The molecule has 0 aliphatic heterocycles. The third-order valence-electron chi connectivity index (χ3n) is 2.94. The molecule has 2 aromatic carbocycles. The summed E-state index contributed by atoms with van der Waals surface area (Å²) < 4.78 is 12.8. The maximum atomic E-state index is 12.8. The first-order valence-electron chi connectivity index (χ1n) is 6.57. The lowest BCUT2D eigenvalue weighted by atomic mass is 10.2. The first-order valence-corrected chi connectivity index (χ1v) is 6.95. The highest BCUT2D eigenvalue weighted by molar-refractivity contribution is 6.32. The molecule has 0 spiro atoms. The quantitative estimate of drug-likeness (QED) is 0.832. The van der Waals surface area contributed by atoms with Gasteiger partial charge in [-0.2, -0.15) is 5.26 Å². The normalized spacial score (nSPS) is 9.86. The Morgan fingerprint density at radius 3 is 2.55 bits per heavy atom. The lowest BCUT2D eigenvalue weighted by molar-refractivity contribution is 0.0955. The molecule has 0 aliphatic rings. The molecule has 0 saturated heterocycles. The summed E-state index contributed by atoms with van der Waals surface area (Å²) in [5, 5.41) is 15.0. The average Bonchev–Trinajstić information content (AvgIpc) is 2.52. The Morgan fingerprint density at radius 2 is 1.91 bits per heavy atom. The summed E-state index contributed by atoms with van der Waals surface area (Å²) in [5.74, 6) is -0.643. The molecule has 0 bridgehead atoms. The van der Waals surface area contributed by atoms with E-state index in [2.05, 4.69) is 10.6 Å². The van der Waals surface area contributed by atoms with Gasteiger partial charge < -0.3 is 10.6 Å². The van der Waals surface area contributed by atoms with Gasteiger partial charge in [-0.1, -0.05) is 11.6 Å². The fourth-order valence-corrected chi connectivity index (χ4v) is 2.02. The van der Waals surface area contributed by atoms with E-state index in [4.69, 9.17) is 16.9 Å². The molecule has 0 fully saturated rings. The van der Waals surface area contributed by atoms with Crippen LogP contribution in [0.5, 0.6) is 0 Å². The lowest BCUT2D eigenvalue weighted by Crippen LogP contribution is -2.28. The second-order valence-electron chi connectivity index (χ2n) is 4.50. The Balaban J connectivity index is 1.79. The average molecular weight is 318 g/mol. The zero-order valence-corrected chi connectivity index (χ0v) is 12.3. The highest BCUT2D eigenvalue weighted by Gasteiger charge is 2.05. The van der Waals surface area contributed by atoms with E-state index in [9.17, 15) is 9.18 Å². The zero-order valence-electron chi connectivity index (χ0n) is 11.6. The van der Waals surface area contributed by atoms with Crippen molar-refractivity contribution in [2.75, 3.05) is 18.4 Å². The van der Waals surface area contributed by atoms with Gasteiger partial charge in [0.1, 0.15) is 11.9 Å². The number of nitriles is 1. The van der Waals surface area contributed by atoms with Gasteiger partial charge >= 0.3 is 0 Å². The fourth-order valence-electron chi connectivity index (χ4n) is 1.80. The number of hydrogen-bond acceptors (Lipinski definition) is 3. The molecule has 6 heteroatoms. The molecular formula is C16H13ClFN3O. The standard InChI is InChI=1S/C16H13ClFN3O/c17-15-9-14(6-3-12(15)10-19)20-7-8-21-16(22)11-1-4-13(18)5-2-11/h1-6,9,20H,7-8H2,(H,21,22).